The van der Waals surface area contributed by atoms with Crippen molar-refractivity contribution in [3.05, 3.63) is 23.0 Å². The summed E-state index contributed by atoms with van der Waals surface area (Å²) in [5.74, 6) is -0.964. The maximum Gasteiger partial charge on any atom is 0.244 e. The van der Waals surface area contributed by atoms with E-state index in [1.54, 1.807) is 0 Å². The van der Waals surface area contributed by atoms with Crippen molar-refractivity contribution in [2.45, 2.75) is 43.0 Å². The number of rotatable bonds is 4. The topological polar surface area (TPSA) is 72.2 Å². The molecule has 0 aliphatic heterocycles. The molecule has 0 unspecified atom stereocenters. The second-order valence-electron chi connectivity index (χ2n) is 4.91. The van der Waals surface area contributed by atoms with Crippen LogP contribution in [0.1, 0.15) is 32.6 Å². The van der Waals surface area contributed by atoms with Crippen LogP contribution in [-0.2, 0) is 10.0 Å². The molecule has 7 heteroatoms. The zero-order valence-electron chi connectivity index (χ0n) is 10.5. The molecule has 1 aliphatic rings. The molecule has 1 aromatic carbocycles. The van der Waals surface area contributed by atoms with Crippen molar-refractivity contribution in [2.75, 3.05) is 5.73 Å². The maximum absolute atomic E-state index is 13.9. The Morgan fingerprint density at radius 1 is 1.47 bits per heavy atom. The normalized spacial score (nSPS) is 18.1. The molecule has 106 valence electrons. The number of nitrogens with one attached hydrogen (secondary N) is 1. The Morgan fingerprint density at radius 2 is 2.11 bits per heavy atom. The van der Waals surface area contributed by atoms with Gasteiger partial charge in [-0.25, -0.2) is 17.5 Å². The first-order chi connectivity index (χ1) is 8.80. The van der Waals surface area contributed by atoms with E-state index in [0.717, 1.165) is 25.3 Å². The summed E-state index contributed by atoms with van der Waals surface area (Å²) in [7, 11) is -3.96. The summed E-state index contributed by atoms with van der Waals surface area (Å²) >= 11 is 5.63. The maximum atomic E-state index is 13.9. The van der Waals surface area contributed by atoms with Gasteiger partial charge < -0.3 is 5.73 Å². The van der Waals surface area contributed by atoms with Crippen LogP contribution in [0, 0.1) is 5.82 Å². The van der Waals surface area contributed by atoms with Crippen LogP contribution in [0.15, 0.2) is 17.0 Å². The largest absolute Gasteiger partial charge is 0.399 e. The number of anilines is 1. The summed E-state index contributed by atoms with van der Waals surface area (Å²) in [4.78, 5) is -0.489. The molecule has 1 fully saturated rings. The number of nitrogens with two attached hydrogens (primary N) is 1. The average molecular weight is 307 g/mol. The second-order valence-corrected chi connectivity index (χ2v) is 6.97. The molecule has 0 radical (unpaired) electrons. The molecular weight excluding hydrogens is 291 g/mol. The summed E-state index contributed by atoms with van der Waals surface area (Å²) in [5.41, 5.74) is 5.19. The van der Waals surface area contributed by atoms with Crippen molar-refractivity contribution in [3.8, 4) is 0 Å². The zero-order chi connectivity index (χ0) is 14.3. The van der Waals surface area contributed by atoms with Gasteiger partial charge in [0.2, 0.25) is 10.0 Å². The van der Waals surface area contributed by atoms with Crippen molar-refractivity contribution in [1.82, 2.24) is 4.72 Å². The third-order valence-corrected chi connectivity index (χ3v) is 5.50. The Labute approximate surface area is 117 Å². The molecule has 1 aromatic rings. The predicted octanol–water partition coefficient (Wildman–Crippen LogP) is 2.67. The average Bonchev–Trinajstić information content (AvgIpc) is 2.28. The fourth-order valence-electron chi connectivity index (χ4n) is 2.25. The summed E-state index contributed by atoms with van der Waals surface area (Å²) in [6.07, 6.45) is 3.17. The number of halogens is 2. The molecule has 2 rings (SSSR count). The van der Waals surface area contributed by atoms with Gasteiger partial charge in [0.05, 0.1) is 5.02 Å². The Bertz CT molecular complexity index is 594. The fourth-order valence-corrected chi connectivity index (χ4v) is 4.20. The van der Waals surface area contributed by atoms with Crippen LogP contribution in [0.3, 0.4) is 0 Å². The Hall–Kier alpha value is -0.850. The molecule has 4 nitrogen and oxygen atoms in total. The SMILES string of the molecule is CCC1(NS(=O)(=O)c2cc(N)cc(Cl)c2F)CCC1. The smallest absolute Gasteiger partial charge is 0.244 e. The number of benzene rings is 1. The van der Waals surface area contributed by atoms with Crippen molar-refractivity contribution in [1.29, 1.82) is 0 Å². The van der Waals surface area contributed by atoms with Crippen molar-refractivity contribution >= 4 is 27.3 Å². The van der Waals surface area contributed by atoms with E-state index < -0.39 is 26.3 Å². The van der Waals surface area contributed by atoms with Gasteiger partial charge >= 0.3 is 0 Å². The van der Waals surface area contributed by atoms with E-state index in [1.807, 2.05) is 6.92 Å². The highest BCUT2D eigenvalue weighted by atomic mass is 35.5. The molecule has 0 saturated heterocycles. The molecule has 19 heavy (non-hydrogen) atoms. The minimum absolute atomic E-state index is 0.117. The lowest BCUT2D eigenvalue weighted by Gasteiger charge is -2.41. The molecule has 0 heterocycles. The number of hydrogen-bond acceptors (Lipinski definition) is 3. The van der Waals surface area contributed by atoms with E-state index in [9.17, 15) is 12.8 Å². The van der Waals surface area contributed by atoms with Crippen LogP contribution in [-0.4, -0.2) is 14.0 Å². The monoisotopic (exact) mass is 306 g/mol. The third kappa shape index (κ3) is 2.70. The summed E-state index contributed by atoms with van der Waals surface area (Å²) < 4.78 is 41.0. The molecule has 1 saturated carbocycles. The van der Waals surface area contributed by atoms with E-state index in [2.05, 4.69) is 4.72 Å². The predicted molar refractivity (Wildman–Crippen MR) is 73.0 cm³/mol. The second kappa shape index (κ2) is 4.92. The van der Waals surface area contributed by atoms with Gasteiger partial charge in [-0.1, -0.05) is 18.5 Å². The standard InChI is InChI=1S/C12H16ClFN2O2S/c1-2-12(4-3-5-12)16-19(17,18)10-7-8(15)6-9(13)11(10)14/h6-7,16H,2-5,15H2,1H3. The Kier molecular flexibility index (Phi) is 3.77. The molecular formula is C12H16ClFN2O2S. The van der Waals surface area contributed by atoms with E-state index in [-0.39, 0.29) is 10.7 Å². The minimum Gasteiger partial charge on any atom is -0.399 e. The number of sulfonamides is 1. The highest BCUT2D eigenvalue weighted by Gasteiger charge is 2.40. The number of hydrogen-bond donors (Lipinski definition) is 2. The lowest BCUT2D eigenvalue weighted by Crippen LogP contribution is -2.52. The van der Waals surface area contributed by atoms with Gasteiger partial charge in [0, 0.05) is 11.2 Å². The van der Waals surface area contributed by atoms with Crippen LogP contribution in [0.25, 0.3) is 0 Å². The first-order valence-corrected chi connectivity index (χ1v) is 7.94. The molecule has 1 aliphatic carbocycles. The zero-order valence-corrected chi connectivity index (χ0v) is 12.1. The molecule has 0 atom stereocenters. The van der Waals surface area contributed by atoms with Crippen molar-refractivity contribution < 1.29 is 12.8 Å². The molecule has 3 N–H and O–H groups in total. The highest BCUT2D eigenvalue weighted by Crippen LogP contribution is 2.37. The number of nitrogen functional groups attached to an aromatic ring is 1. The molecule has 0 spiro atoms. The first-order valence-electron chi connectivity index (χ1n) is 6.08. The van der Waals surface area contributed by atoms with Gasteiger partial charge in [0.1, 0.15) is 4.90 Å². The van der Waals surface area contributed by atoms with Crippen molar-refractivity contribution in [3.63, 3.8) is 0 Å². The van der Waals surface area contributed by atoms with Gasteiger partial charge in [-0.3, -0.25) is 0 Å². The van der Waals surface area contributed by atoms with Crippen LogP contribution in [0.4, 0.5) is 10.1 Å². The lowest BCUT2D eigenvalue weighted by molar-refractivity contribution is 0.213. The lowest BCUT2D eigenvalue weighted by atomic mass is 9.76. The van der Waals surface area contributed by atoms with E-state index in [0.29, 0.717) is 6.42 Å². The fraction of sp³-hybridized carbons (Fsp3) is 0.500. The van der Waals surface area contributed by atoms with E-state index >= 15 is 0 Å². The highest BCUT2D eigenvalue weighted by molar-refractivity contribution is 7.89. The molecule has 0 aromatic heterocycles. The Balaban J connectivity index is 2.40. The van der Waals surface area contributed by atoms with Gasteiger partial charge in [0.15, 0.2) is 5.82 Å². The van der Waals surface area contributed by atoms with Gasteiger partial charge in [-0.15, -0.1) is 0 Å². The quantitative estimate of drug-likeness (QED) is 0.840. The first kappa shape index (κ1) is 14.6. The van der Waals surface area contributed by atoms with Gasteiger partial charge in [0.25, 0.3) is 0 Å². The van der Waals surface area contributed by atoms with Gasteiger partial charge in [-0.05, 0) is 37.8 Å². The molecule has 0 amide bonds. The summed E-state index contributed by atoms with van der Waals surface area (Å²) in [6.45, 7) is 1.91. The van der Waals surface area contributed by atoms with Crippen molar-refractivity contribution in [2.24, 2.45) is 0 Å². The van der Waals surface area contributed by atoms with Crippen LogP contribution in [0.5, 0.6) is 0 Å². The van der Waals surface area contributed by atoms with Crippen LogP contribution < -0.4 is 10.5 Å². The summed E-state index contributed by atoms with van der Waals surface area (Å²) in [5, 5.41) is -0.292. The third-order valence-electron chi connectivity index (χ3n) is 3.64. The van der Waals surface area contributed by atoms with E-state index in [4.69, 9.17) is 17.3 Å². The van der Waals surface area contributed by atoms with Crippen LogP contribution >= 0.6 is 11.6 Å². The Morgan fingerprint density at radius 3 is 2.58 bits per heavy atom. The van der Waals surface area contributed by atoms with Gasteiger partial charge in [-0.2, -0.15) is 0 Å². The summed E-state index contributed by atoms with van der Waals surface area (Å²) in [6, 6.07) is 2.28. The van der Waals surface area contributed by atoms with Crippen LogP contribution in [0.2, 0.25) is 5.02 Å². The van der Waals surface area contributed by atoms with E-state index in [1.165, 1.54) is 6.07 Å². The minimum atomic E-state index is -3.96. The molecule has 0 bridgehead atoms.